The minimum Gasteiger partial charge on any atom is -0.110 e. The average molecular weight is 197 g/mol. The second-order valence-electron chi connectivity index (χ2n) is 3.86. The van der Waals surface area contributed by atoms with E-state index in [1.807, 2.05) is 6.07 Å². The Kier molecular flexibility index (Phi) is 1.57. The standard InChI is InChI=1S/C12H11N3/c1-8-7-10-5-3-4-6-11(10)12(9(8)2)15-13-14-15/h3-7H,1-2H3. The first-order chi connectivity index (χ1) is 7.27. The van der Waals surface area contributed by atoms with E-state index in [0.717, 1.165) is 5.69 Å². The summed E-state index contributed by atoms with van der Waals surface area (Å²) in [5.74, 6) is 0. The summed E-state index contributed by atoms with van der Waals surface area (Å²) >= 11 is 0. The predicted molar refractivity (Wildman–Crippen MR) is 60.8 cm³/mol. The van der Waals surface area contributed by atoms with Gasteiger partial charge in [-0.3, -0.25) is 0 Å². The van der Waals surface area contributed by atoms with Gasteiger partial charge in [0.2, 0.25) is 0 Å². The Balaban J connectivity index is 2.40. The van der Waals surface area contributed by atoms with Crippen molar-refractivity contribution in [1.29, 1.82) is 0 Å². The van der Waals surface area contributed by atoms with E-state index in [0.29, 0.717) is 0 Å². The van der Waals surface area contributed by atoms with Crippen LogP contribution in [0.1, 0.15) is 11.1 Å². The zero-order valence-corrected chi connectivity index (χ0v) is 8.73. The van der Waals surface area contributed by atoms with Gasteiger partial charge in [0, 0.05) is 5.39 Å². The van der Waals surface area contributed by atoms with Crippen LogP contribution in [0.3, 0.4) is 0 Å². The van der Waals surface area contributed by atoms with E-state index in [-0.39, 0.29) is 0 Å². The molecule has 0 amide bonds. The van der Waals surface area contributed by atoms with Crippen molar-refractivity contribution in [2.24, 2.45) is 10.4 Å². The van der Waals surface area contributed by atoms with Crippen LogP contribution in [0.4, 0.5) is 5.69 Å². The van der Waals surface area contributed by atoms with Gasteiger partial charge in [-0.2, -0.15) is 0 Å². The molecule has 0 atom stereocenters. The third kappa shape index (κ3) is 1.20. The van der Waals surface area contributed by atoms with E-state index in [1.165, 1.54) is 21.9 Å². The van der Waals surface area contributed by atoms with E-state index in [9.17, 15) is 0 Å². The molecule has 3 nitrogen and oxygen atoms in total. The van der Waals surface area contributed by atoms with Crippen molar-refractivity contribution in [2.75, 3.05) is 5.12 Å². The van der Waals surface area contributed by atoms with Crippen molar-refractivity contribution < 1.29 is 0 Å². The number of rotatable bonds is 1. The molecule has 3 heteroatoms. The molecule has 0 radical (unpaired) electrons. The molecule has 15 heavy (non-hydrogen) atoms. The Morgan fingerprint density at radius 3 is 2.53 bits per heavy atom. The number of aryl methyl sites for hydroxylation is 1. The summed E-state index contributed by atoms with van der Waals surface area (Å²) < 4.78 is 0. The molecule has 0 bridgehead atoms. The van der Waals surface area contributed by atoms with Crippen LogP contribution in [0.5, 0.6) is 0 Å². The second kappa shape index (κ2) is 2.79. The second-order valence-corrected chi connectivity index (χ2v) is 3.86. The molecule has 0 saturated heterocycles. The molecule has 0 spiro atoms. The highest BCUT2D eigenvalue weighted by Gasteiger charge is 2.20. The largest absolute Gasteiger partial charge is 0.110 e. The van der Waals surface area contributed by atoms with Crippen LogP contribution in [0, 0.1) is 13.8 Å². The molecule has 0 N–H and O–H groups in total. The lowest BCUT2D eigenvalue weighted by Crippen LogP contribution is -1.96. The van der Waals surface area contributed by atoms with Crippen LogP contribution in [-0.2, 0) is 0 Å². The number of hydrogen-bond acceptors (Lipinski definition) is 3. The smallest absolute Gasteiger partial charge is 0.100 e. The van der Waals surface area contributed by atoms with Gasteiger partial charge in [-0.25, -0.2) is 0 Å². The molecule has 2 aromatic rings. The van der Waals surface area contributed by atoms with Crippen molar-refractivity contribution in [2.45, 2.75) is 13.8 Å². The Morgan fingerprint density at radius 1 is 1.07 bits per heavy atom. The zero-order chi connectivity index (χ0) is 10.4. The number of hydrogen-bond donors (Lipinski definition) is 0. The first kappa shape index (κ1) is 8.41. The first-order valence-electron chi connectivity index (χ1n) is 4.98. The molecular weight excluding hydrogens is 186 g/mol. The van der Waals surface area contributed by atoms with Gasteiger partial charge >= 0.3 is 0 Å². The first-order valence-corrected chi connectivity index (χ1v) is 4.98. The summed E-state index contributed by atoms with van der Waals surface area (Å²) in [6.45, 7) is 4.23. The van der Waals surface area contributed by atoms with Crippen molar-refractivity contribution in [3.05, 3.63) is 41.5 Å². The molecule has 0 aromatic heterocycles. The van der Waals surface area contributed by atoms with Gasteiger partial charge in [0.1, 0.15) is 5.69 Å². The minimum atomic E-state index is 1.12. The highest BCUT2D eigenvalue weighted by molar-refractivity contribution is 5.96. The van der Waals surface area contributed by atoms with Crippen molar-refractivity contribution in [3.8, 4) is 0 Å². The van der Waals surface area contributed by atoms with Gasteiger partial charge in [0.25, 0.3) is 0 Å². The summed E-state index contributed by atoms with van der Waals surface area (Å²) in [7, 11) is 0. The monoisotopic (exact) mass is 197 g/mol. The van der Waals surface area contributed by atoms with Gasteiger partial charge in [-0.1, -0.05) is 30.3 Å². The van der Waals surface area contributed by atoms with Crippen LogP contribution in [0.15, 0.2) is 40.8 Å². The lowest BCUT2D eigenvalue weighted by Gasteiger charge is -2.10. The normalized spacial score (nSPS) is 13.6. The molecule has 3 rings (SSSR count). The third-order valence-electron chi connectivity index (χ3n) is 2.91. The molecule has 1 aliphatic rings. The van der Waals surface area contributed by atoms with Gasteiger partial charge in [-0.05, 0) is 40.8 Å². The van der Waals surface area contributed by atoms with Crippen molar-refractivity contribution >= 4 is 16.5 Å². The summed E-state index contributed by atoms with van der Waals surface area (Å²) in [6.07, 6.45) is 0. The summed E-state index contributed by atoms with van der Waals surface area (Å²) in [4.78, 5) is 0. The number of fused-ring (bicyclic) bond motifs is 1. The Morgan fingerprint density at radius 2 is 1.80 bits per heavy atom. The summed E-state index contributed by atoms with van der Waals surface area (Å²) in [6, 6.07) is 10.5. The predicted octanol–water partition coefficient (Wildman–Crippen LogP) is 3.56. The maximum Gasteiger partial charge on any atom is 0.100 e. The fourth-order valence-electron chi connectivity index (χ4n) is 1.94. The summed E-state index contributed by atoms with van der Waals surface area (Å²) in [5.41, 5.74) is 3.64. The van der Waals surface area contributed by atoms with Crippen molar-refractivity contribution in [1.82, 2.24) is 0 Å². The SMILES string of the molecule is Cc1cc2ccccc2c(N2N=N2)c1C. The van der Waals surface area contributed by atoms with E-state index < -0.39 is 0 Å². The Labute approximate surface area is 88.0 Å². The average Bonchev–Trinajstić information content (AvgIpc) is 3.04. The summed E-state index contributed by atoms with van der Waals surface area (Å²) in [5, 5.41) is 11.9. The number of benzene rings is 2. The van der Waals surface area contributed by atoms with Gasteiger partial charge in [0.15, 0.2) is 0 Å². The molecule has 1 aliphatic heterocycles. The fraction of sp³-hybridized carbons (Fsp3) is 0.167. The number of anilines is 1. The fourth-order valence-corrected chi connectivity index (χ4v) is 1.94. The van der Waals surface area contributed by atoms with Gasteiger partial charge < -0.3 is 0 Å². The molecular formula is C12H11N3. The van der Waals surface area contributed by atoms with Crippen LogP contribution in [0.25, 0.3) is 10.8 Å². The Bertz CT molecular complexity index is 566. The lowest BCUT2D eigenvalue weighted by atomic mass is 10.0. The van der Waals surface area contributed by atoms with E-state index in [2.05, 4.69) is 48.6 Å². The van der Waals surface area contributed by atoms with Crippen LogP contribution < -0.4 is 5.12 Å². The topological polar surface area (TPSA) is 27.7 Å². The lowest BCUT2D eigenvalue weighted by molar-refractivity contribution is 1.22. The maximum absolute atomic E-state index is 3.88. The van der Waals surface area contributed by atoms with Gasteiger partial charge in [0.05, 0.1) is 0 Å². The van der Waals surface area contributed by atoms with Crippen LogP contribution in [-0.4, -0.2) is 0 Å². The molecule has 0 saturated carbocycles. The molecule has 1 heterocycles. The zero-order valence-electron chi connectivity index (χ0n) is 8.73. The maximum atomic E-state index is 3.88. The Hall–Kier alpha value is -1.90. The highest BCUT2D eigenvalue weighted by Crippen LogP contribution is 2.36. The molecule has 0 aliphatic carbocycles. The highest BCUT2D eigenvalue weighted by atomic mass is 15.9. The minimum absolute atomic E-state index is 1.12. The van der Waals surface area contributed by atoms with Gasteiger partial charge in [-0.15, -0.1) is 5.12 Å². The van der Waals surface area contributed by atoms with Crippen LogP contribution in [0.2, 0.25) is 0 Å². The third-order valence-corrected chi connectivity index (χ3v) is 2.91. The van der Waals surface area contributed by atoms with E-state index in [1.54, 1.807) is 5.12 Å². The molecule has 74 valence electrons. The molecule has 0 unspecified atom stereocenters. The number of nitrogens with zero attached hydrogens (tertiary/aromatic N) is 3. The molecule has 0 fully saturated rings. The van der Waals surface area contributed by atoms with Crippen LogP contribution >= 0.6 is 0 Å². The van der Waals surface area contributed by atoms with Crippen molar-refractivity contribution in [3.63, 3.8) is 0 Å². The quantitative estimate of drug-likeness (QED) is 0.686. The molecule has 2 aromatic carbocycles. The van der Waals surface area contributed by atoms with E-state index in [4.69, 9.17) is 0 Å². The van der Waals surface area contributed by atoms with E-state index >= 15 is 0 Å².